The van der Waals surface area contributed by atoms with E-state index in [1.54, 1.807) is 7.11 Å². The first-order valence-electron chi connectivity index (χ1n) is 11.6. The first-order valence-corrected chi connectivity index (χ1v) is 11.6. The Morgan fingerprint density at radius 2 is 1.69 bits per heavy atom. The molecule has 32 heavy (non-hydrogen) atoms. The fraction of sp³-hybridized carbons (Fsp3) is 0.357. The molecule has 0 fully saturated rings. The van der Waals surface area contributed by atoms with Crippen LogP contribution in [0.4, 0.5) is 4.39 Å². The molecule has 0 radical (unpaired) electrons. The molecule has 1 N–H and O–H groups in total. The van der Waals surface area contributed by atoms with E-state index in [9.17, 15) is 4.39 Å². The van der Waals surface area contributed by atoms with Crippen LogP contribution in [-0.2, 0) is 19.3 Å². The summed E-state index contributed by atoms with van der Waals surface area (Å²) in [5.41, 5.74) is 3.76. The highest BCUT2D eigenvalue weighted by atomic mass is 19.1. The van der Waals surface area contributed by atoms with Crippen molar-refractivity contribution >= 4 is 0 Å². The Kier molecular flexibility index (Phi) is 7.78. The first kappa shape index (κ1) is 22.3. The summed E-state index contributed by atoms with van der Waals surface area (Å²) in [6, 6.07) is 21.9. The number of rotatable bonds is 5. The molecule has 3 aromatic rings. The van der Waals surface area contributed by atoms with Crippen molar-refractivity contribution in [2.75, 3.05) is 13.7 Å². The Morgan fingerprint density at radius 1 is 0.906 bits per heavy atom. The van der Waals surface area contributed by atoms with Gasteiger partial charge < -0.3 is 14.8 Å². The van der Waals surface area contributed by atoms with Crippen molar-refractivity contribution in [1.82, 2.24) is 5.32 Å². The van der Waals surface area contributed by atoms with Crippen molar-refractivity contribution in [3.63, 3.8) is 0 Å². The summed E-state index contributed by atoms with van der Waals surface area (Å²) in [5, 5.41) is 3.75. The van der Waals surface area contributed by atoms with Crippen molar-refractivity contribution in [3.8, 4) is 17.2 Å². The lowest BCUT2D eigenvalue weighted by molar-refractivity contribution is 0.378. The molecule has 0 spiro atoms. The van der Waals surface area contributed by atoms with Gasteiger partial charge in [0.15, 0.2) is 11.5 Å². The molecule has 0 amide bonds. The predicted molar refractivity (Wildman–Crippen MR) is 127 cm³/mol. The fourth-order valence-electron chi connectivity index (χ4n) is 4.29. The largest absolute Gasteiger partial charge is 0.493 e. The van der Waals surface area contributed by atoms with Crippen LogP contribution in [0.3, 0.4) is 0 Å². The van der Waals surface area contributed by atoms with Crippen LogP contribution in [0.25, 0.3) is 0 Å². The van der Waals surface area contributed by atoms with E-state index in [-0.39, 0.29) is 5.82 Å². The van der Waals surface area contributed by atoms with Gasteiger partial charge in [0.2, 0.25) is 0 Å². The summed E-state index contributed by atoms with van der Waals surface area (Å²) in [5.74, 6) is 2.18. The van der Waals surface area contributed by atoms with Gasteiger partial charge in [0.25, 0.3) is 0 Å². The Labute approximate surface area is 190 Å². The van der Waals surface area contributed by atoms with Gasteiger partial charge in [-0.3, -0.25) is 0 Å². The smallest absolute Gasteiger partial charge is 0.169 e. The van der Waals surface area contributed by atoms with Crippen molar-refractivity contribution in [2.24, 2.45) is 0 Å². The standard InChI is InChI=1S/C28H32FNO2/c1-31-27-17-11-23-4-2-3-5-25(30-19-18-22-6-12-24(29)13-7-22)14-8-21-9-15-26(16-10-21)32-28(27)20-23/h6-7,9-13,15-17,20,25,30H,2-5,8,14,18-19H2,1H3. The topological polar surface area (TPSA) is 30.5 Å². The minimum Gasteiger partial charge on any atom is -0.493 e. The summed E-state index contributed by atoms with van der Waals surface area (Å²) in [7, 11) is 1.68. The molecule has 5 rings (SSSR count). The van der Waals surface area contributed by atoms with Crippen LogP contribution < -0.4 is 14.8 Å². The van der Waals surface area contributed by atoms with E-state index in [1.165, 1.54) is 35.2 Å². The van der Waals surface area contributed by atoms with E-state index in [0.717, 1.165) is 62.3 Å². The molecule has 1 unspecified atom stereocenters. The van der Waals surface area contributed by atoms with Crippen LogP contribution in [-0.4, -0.2) is 19.7 Å². The highest BCUT2D eigenvalue weighted by Gasteiger charge is 2.12. The van der Waals surface area contributed by atoms with E-state index in [1.807, 2.05) is 30.3 Å². The Hall–Kier alpha value is -2.85. The maximum absolute atomic E-state index is 13.1. The molecule has 168 valence electrons. The number of ether oxygens (including phenoxy) is 2. The number of hydrogen-bond donors (Lipinski definition) is 1. The maximum atomic E-state index is 13.1. The second-order valence-corrected chi connectivity index (χ2v) is 8.54. The second-order valence-electron chi connectivity index (χ2n) is 8.54. The van der Waals surface area contributed by atoms with Gasteiger partial charge >= 0.3 is 0 Å². The lowest BCUT2D eigenvalue weighted by atomic mass is 9.99. The van der Waals surface area contributed by atoms with Gasteiger partial charge in [0, 0.05) is 6.04 Å². The molecule has 0 aromatic heterocycles. The number of benzene rings is 3. The van der Waals surface area contributed by atoms with E-state index in [4.69, 9.17) is 9.47 Å². The monoisotopic (exact) mass is 433 g/mol. The van der Waals surface area contributed by atoms with E-state index in [2.05, 4.69) is 29.6 Å². The maximum Gasteiger partial charge on any atom is 0.169 e. The summed E-state index contributed by atoms with van der Waals surface area (Å²) in [6.45, 7) is 0.908. The summed E-state index contributed by atoms with van der Waals surface area (Å²) >= 11 is 0. The summed E-state index contributed by atoms with van der Waals surface area (Å²) in [4.78, 5) is 0. The second kappa shape index (κ2) is 11.1. The van der Waals surface area contributed by atoms with Gasteiger partial charge in [-0.1, -0.05) is 36.8 Å². The molecular weight excluding hydrogens is 401 g/mol. The molecule has 4 bridgehead atoms. The van der Waals surface area contributed by atoms with Gasteiger partial charge in [-0.05, 0) is 98.2 Å². The third-order valence-electron chi connectivity index (χ3n) is 6.19. The Bertz CT molecular complexity index is 985. The third kappa shape index (κ3) is 6.33. The van der Waals surface area contributed by atoms with E-state index < -0.39 is 0 Å². The lowest BCUT2D eigenvalue weighted by Gasteiger charge is -2.19. The molecule has 0 aliphatic carbocycles. The molecule has 2 aliphatic rings. The average molecular weight is 434 g/mol. The zero-order chi connectivity index (χ0) is 22.2. The fourth-order valence-corrected chi connectivity index (χ4v) is 4.29. The zero-order valence-corrected chi connectivity index (χ0v) is 18.8. The normalized spacial score (nSPS) is 16.6. The van der Waals surface area contributed by atoms with Crippen molar-refractivity contribution in [3.05, 3.63) is 89.2 Å². The highest BCUT2D eigenvalue weighted by Crippen LogP contribution is 2.33. The minimum atomic E-state index is -0.177. The number of fused-ring (bicyclic) bond motifs is 8. The molecule has 1 atom stereocenters. The van der Waals surface area contributed by atoms with Crippen LogP contribution in [0.15, 0.2) is 66.7 Å². The minimum absolute atomic E-state index is 0.177. The number of halogens is 1. The molecular formula is C28H32FNO2. The van der Waals surface area contributed by atoms with Crippen molar-refractivity contribution < 1.29 is 13.9 Å². The SMILES string of the molecule is COc1ccc2cc1Oc1ccc(cc1)CCC(NCCc1ccc(F)cc1)CCCC2. The van der Waals surface area contributed by atoms with Gasteiger partial charge in [-0.25, -0.2) is 4.39 Å². The van der Waals surface area contributed by atoms with Crippen molar-refractivity contribution in [2.45, 2.75) is 51.0 Å². The molecule has 3 nitrogen and oxygen atoms in total. The molecule has 4 heteroatoms. The lowest BCUT2D eigenvalue weighted by Crippen LogP contribution is -2.31. The van der Waals surface area contributed by atoms with Gasteiger partial charge in [0.1, 0.15) is 11.6 Å². The molecule has 2 aliphatic heterocycles. The summed E-state index contributed by atoms with van der Waals surface area (Å²) in [6.07, 6.45) is 7.55. The predicted octanol–water partition coefficient (Wildman–Crippen LogP) is 6.49. The van der Waals surface area contributed by atoms with Gasteiger partial charge in [-0.2, -0.15) is 0 Å². The van der Waals surface area contributed by atoms with Crippen LogP contribution in [0.1, 0.15) is 42.4 Å². The number of nitrogens with one attached hydrogen (secondary N) is 1. The summed E-state index contributed by atoms with van der Waals surface area (Å²) < 4.78 is 24.8. The van der Waals surface area contributed by atoms with Crippen LogP contribution >= 0.6 is 0 Å². The van der Waals surface area contributed by atoms with Crippen LogP contribution in [0, 0.1) is 5.82 Å². The van der Waals surface area contributed by atoms with Gasteiger partial charge in [-0.15, -0.1) is 0 Å². The Morgan fingerprint density at radius 3 is 2.47 bits per heavy atom. The quantitative estimate of drug-likeness (QED) is 0.499. The van der Waals surface area contributed by atoms with Crippen molar-refractivity contribution in [1.29, 1.82) is 0 Å². The number of aryl methyl sites for hydroxylation is 2. The third-order valence-corrected chi connectivity index (χ3v) is 6.19. The zero-order valence-electron chi connectivity index (χ0n) is 18.8. The number of hydrogen-bond acceptors (Lipinski definition) is 3. The van der Waals surface area contributed by atoms with Gasteiger partial charge in [0.05, 0.1) is 7.11 Å². The first-order chi connectivity index (χ1) is 15.7. The molecule has 0 saturated heterocycles. The molecule has 3 aromatic carbocycles. The van der Waals surface area contributed by atoms with E-state index >= 15 is 0 Å². The van der Waals surface area contributed by atoms with Crippen LogP contribution in [0.5, 0.6) is 17.2 Å². The number of methoxy groups -OCH3 is 1. The Balaban J connectivity index is 1.42. The van der Waals surface area contributed by atoms with E-state index in [0.29, 0.717) is 6.04 Å². The molecule has 0 saturated carbocycles. The molecule has 2 heterocycles. The van der Waals surface area contributed by atoms with Crippen LogP contribution in [0.2, 0.25) is 0 Å². The average Bonchev–Trinajstić information content (AvgIpc) is 2.82. The highest BCUT2D eigenvalue weighted by molar-refractivity contribution is 5.45.